The molecule has 0 radical (unpaired) electrons. The van der Waals surface area contributed by atoms with Crippen molar-refractivity contribution in [2.24, 2.45) is 5.73 Å². The van der Waals surface area contributed by atoms with E-state index in [4.69, 9.17) is 5.73 Å². The zero-order valence-corrected chi connectivity index (χ0v) is 5.57. The second kappa shape index (κ2) is 5.03. The van der Waals surface area contributed by atoms with Crippen molar-refractivity contribution in [2.75, 3.05) is 20.1 Å². The molecule has 3 nitrogen and oxygen atoms in total. The van der Waals surface area contributed by atoms with Gasteiger partial charge in [0, 0.05) is 6.54 Å². The molecule has 1 atom stereocenters. The molecular weight excluding hydrogens is 102 g/mol. The molecule has 3 heteroatoms. The van der Waals surface area contributed by atoms with E-state index in [0.717, 1.165) is 13.1 Å². The predicted molar refractivity (Wildman–Crippen MR) is 35.6 cm³/mol. The fraction of sp³-hybridized carbons (Fsp3) is 1.00. The van der Waals surface area contributed by atoms with Crippen molar-refractivity contribution in [1.82, 2.24) is 10.6 Å². The Morgan fingerprint density at radius 1 is 1.62 bits per heavy atom. The van der Waals surface area contributed by atoms with Crippen molar-refractivity contribution in [1.29, 1.82) is 0 Å². The average Bonchev–Trinajstić information content (AvgIpc) is 1.83. The van der Waals surface area contributed by atoms with E-state index >= 15 is 0 Å². The molecule has 4 N–H and O–H groups in total. The van der Waals surface area contributed by atoms with Crippen LogP contribution in [0.3, 0.4) is 0 Å². The lowest BCUT2D eigenvalue weighted by molar-refractivity contribution is 0.532. The molecule has 0 aliphatic heterocycles. The number of likely N-dealkylation sites (N-methyl/N-ethyl adjacent to an activating group) is 2. The number of hydrogen-bond acceptors (Lipinski definition) is 3. The fourth-order valence-corrected chi connectivity index (χ4v) is 0.402. The molecule has 0 aliphatic carbocycles. The van der Waals surface area contributed by atoms with E-state index < -0.39 is 0 Å². The van der Waals surface area contributed by atoms with Crippen molar-refractivity contribution >= 4 is 0 Å². The van der Waals surface area contributed by atoms with Gasteiger partial charge in [0.1, 0.15) is 0 Å². The van der Waals surface area contributed by atoms with Crippen molar-refractivity contribution in [3.63, 3.8) is 0 Å². The maximum Gasteiger partial charge on any atom is 0.0672 e. The molecule has 0 fully saturated rings. The van der Waals surface area contributed by atoms with E-state index in [1.807, 2.05) is 7.05 Å². The van der Waals surface area contributed by atoms with Crippen LogP contribution in [0.15, 0.2) is 0 Å². The van der Waals surface area contributed by atoms with Gasteiger partial charge in [-0.2, -0.15) is 0 Å². The van der Waals surface area contributed by atoms with Gasteiger partial charge in [0.05, 0.1) is 6.17 Å². The smallest absolute Gasteiger partial charge is 0.0672 e. The van der Waals surface area contributed by atoms with Gasteiger partial charge in [-0.3, -0.25) is 0 Å². The average molecular weight is 117 g/mol. The third-order valence-electron chi connectivity index (χ3n) is 0.985. The Bertz CT molecular complexity index is 46.9. The Labute approximate surface area is 50.6 Å². The minimum Gasteiger partial charge on any atom is -0.315 e. The number of nitrogens with two attached hydrogens (primary N) is 1. The van der Waals surface area contributed by atoms with Gasteiger partial charge in [-0.05, 0) is 13.6 Å². The molecule has 0 saturated heterocycles. The van der Waals surface area contributed by atoms with Crippen LogP contribution in [0.1, 0.15) is 6.92 Å². The van der Waals surface area contributed by atoms with E-state index in [-0.39, 0.29) is 6.17 Å². The summed E-state index contributed by atoms with van der Waals surface area (Å²) in [6.07, 6.45) is 0.0925. The molecule has 0 spiro atoms. The molecule has 8 heavy (non-hydrogen) atoms. The molecule has 0 heterocycles. The summed E-state index contributed by atoms with van der Waals surface area (Å²) in [5.74, 6) is 0. The SMILES string of the molecule is CCNCC(N)NC. The highest BCUT2D eigenvalue weighted by atomic mass is 15.0. The zero-order chi connectivity index (χ0) is 6.41. The molecule has 0 saturated carbocycles. The van der Waals surface area contributed by atoms with Gasteiger partial charge in [-0.15, -0.1) is 0 Å². The summed E-state index contributed by atoms with van der Waals surface area (Å²) in [4.78, 5) is 0. The largest absolute Gasteiger partial charge is 0.315 e. The Hall–Kier alpha value is -0.120. The number of nitrogens with one attached hydrogen (secondary N) is 2. The first-order valence-electron chi connectivity index (χ1n) is 2.94. The lowest BCUT2D eigenvalue weighted by Gasteiger charge is -2.08. The maximum atomic E-state index is 5.49. The van der Waals surface area contributed by atoms with Crippen LogP contribution < -0.4 is 16.4 Å². The van der Waals surface area contributed by atoms with Crippen molar-refractivity contribution in [2.45, 2.75) is 13.1 Å². The molecule has 0 aromatic rings. The molecular formula is C5H15N3. The quantitative estimate of drug-likeness (QED) is 0.418. The summed E-state index contributed by atoms with van der Waals surface area (Å²) in [6.45, 7) is 3.88. The molecule has 0 aromatic carbocycles. The standard InChI is InChI=1S/C5H15N3/c1-3-8-4-5(6)7-2/h5,7-8H,3-4,6H2,1-2H3. The van der Waals surface area contributed by atoms with Gasteiger partial charge in [0.2, 0.25) is 0 Å². The van der Waals surface area contributed by atoms with Crippen LogP contribution >= 0.6 is 0 Å². The molecule has 0 aromatic heterocycles. The van der Waals surface area contributed by atoms with Crippen LogP contribution in [0.5, 0.6) is 0 Å². The lowest BCUT2D eigenvalue weighted by Crippen LogP contribution is -2.43. The Kier molecular flexibility index (Phi) is 4.95. The summed E-state index contributed by atoms with van der Waals surface area (Å²) < 4.78 is 0. The van der Waals surface area contributed by atoms with Gasteiger partial charge in [0.25, 0.3) is 0 Å². The highest BCUT2D eigenvalue weighted by molar-refractivity contribution is 4.56. The van der Waals surface area contributed by atoms with E-state index in [0.29, 0.717) is 0 Å². The van der Waals surface area contributed by atoms with Crippen molar-refractivity contribution in [3.05, 3.63) is 0 Å². The molecule has 0 bridgehead atoms. The van der Waals surface area contributed by atoms with Crippen LogP contribution in [-0.4, -0.2) is 26.3 Å². The third-order valence-corrected chi connectivity index (χ3v) is 0.985. The van der Waals surface area contributed by atoms with Crippen molar-refractivity contribution in [3.8, 4) is 0 Å². The molecule has 0 rings (SSSR count). The molecule has 0 amide bonds. The van der Waals surface area contributed by atoms with Gasteiger partial charge < -0.3 is 16.4 Å². The Morgan fingerprint density at radius 2 is 2.25 bits per heavy atom. The second-order valence-corrected chi connectivity index (χ2v) is 1.70. The van der Waals surface area contributed by atoms with Crippen LogP contribution in [0, 0.1) is 0 Å². The van der Waals surface area contributed by atoms with Crippen LogP contribution in [-0.2, 0) is 0 Å². The summed E-state index contributed by atoms with van der Waals surface area (Å²) in [7, 11) is 1.85. The first kappa shape index (κ1) is 7.88. The summed E-state index contributed by atoms with van der Waals surface area (Å²) in [5, 5.41) is 6.03. The fourth-order valence-electron chi connectivity index (χ4n) is 0.402. The van der Waals surface area contributed by atoms with Gasteiger partial charge >= 0.3 is 0 Å². The maximum absolute atomic E-state index is 5.49. The van der Waals surface area contributed by atoms with Crippen molar-refractivity contribution < 1.29 is 0 Å². The zero-order valence-electron chi connectivity index (χ0n) is 5.57. The second-order valence-electron chi connectivity index (χ2n) is 1.70. The number of hydrogen-bond donors (Lipinski definition) is 3. The van der Waals surface area contributed by atoms with E-state index in [1.165, 1.54) is 0 Å². The Morgan fingerprint density at radius 3 is 2.62 bits per heavy atom. The Balaban J connectivity index is 2.86. The highest BCUT2D eigenvalue weighted by Crippen LogP contribution is 1.62. The van der Waals surface area contributed by atoms with Gasteiger partial charge in [-0.25, -0.2) is 0 Å². The topological polar surface area (TPSA) is 50.1 Å². The predicted octanol–water partition coefficient (Wildman–Crippen LogP) is -0.900. The summed E-state index contributed by atoms with van der Waals surface area (Å²) >= 11 is 0. The number of rotatable bonds is 4. The third kappa shape index (κ3) is 4.05. The van der Waals surface area contributed by atoms with Crippen LogP contribution in [0.2, 0.25) is 0 Å². The normalized spacial score (nSPS) is 13.9. The first-order chi connectivity index (χ1) is 3.81. The molecule has 1 unspecified atom stereocenters. The van der Waals surface area contributed by atoms with Gasteiger partial charge in [-0.1, -0.05) is 6.92 Å². The highest BCUT2D eigenvalue weighted by Gasteiger charge is 1.92. The van der Waals surface area contributed by atoms with Gasteiger partial charge in [0.15, 0.2) is 0 Å². The lowest BCUT2D eigenvalue weighted by atomic mass is 10.5. The monoisotopic (exact) mass is 117 g/mol. The summed E-state index contributed by atoms with van der Waals surface area (Å²) in [5.41, 5.74) is 5.49. The minimum absolute atomic E-state index is 0.0925. The first-order valence-corrected chi connectivity index (χ1v) is 2.94. The minimum atomic E-state index is 0.0925. The van der Waals surface area contributed by atoms with E-state index in [2.05, 4.69) is 17.6 Å². The van der Waals surface area contributed by atoms with E-state index in [1.54, 1.807) is 0 Å². The summed E-state index contributed by atoms with van der Waals surface area (Å²) in [6, 6.07) is 0. The van der Waals surface area contributed by atoms with E-state index in [9.17, 15) is 0 Å². The molecule has 0 aliphatic rings. The molecule has 50 valence electrons. The van der Waals surface area contributed by atoms with Crippen LogP contribution in [0.25, 0.3) is 0 Å². The van der Waals surface area contributed by atoms with Crippen LogP contribution in [0.4, 0.5) is 0 Å².